The number of nitrogens with zero attached hydrogens (tertiary/aromatic N) is 1. The number of aromatic hydroxyl groups is 1. The van der Waals surface area contributed by atoms with Crippen molar-refractivity contribution in [1.29, 1.82) is 0 Å². The lowest BCUT2D eigenvalue weighted by molar-refractivity contribution is 0.145. The first kappa shape index (κ1) is 13.4. The monoisotopic (exact) mass is 247 g/mol. The molecule has 1 aromatic carbocycles. The van der Waals surface area contributed by atoms with Crippen molar-refractivity contribution in [3.63, 3.8) is 0 Å². The van der Waals surface area contributed by atoms with Crippen LogP contribution in [0.25, 0.3) is 0 Å². The van der Waals surface area contributed by atoms with Gasteiger partial charge in [0.2, 0.25) is 0 Å². The van der Waals surface area contributed by atoms with E-state index in [-0.39, 0.29) is 6.04 Å². The Labute approximate surface area is 111 Å². The Hall–Kier alpha value is -1.02. The molecule has 100 valence electrons. The molecule has 2 rings (SSSR count). The molecule has 0 heterocycles. The van der Waals surface area contributed by atoms with Gasteiger partial charge < -0.3 is 5.11 Å². The number of hydrogen-bond donors (Lipinski definition) is 1. The van der Waals surface area contributed by atoms with Gasteiger partial charge in [-0.3, -0.25) is 4.90 Å². The number of rotatable bonds is 3. The first-order valence-corrected chi connectivity index (χ1v) is 7.11. The van der Waals surface area contributed by atoms with Crippen LogP contribution in [0.2, 0.25) is 0 Å². The van der Waals surface area contributed by atoms with Crippen LogP contribution < -0.4 is 0 Å². The minimum atomic E-state index is 0.285. The van der Waals surface area contributed by atoms with Crippen molar-refractivity contribution in [2.75, 3.05) is 7.05 Å². The molecule has 1 atom stereocenters. The van der Waals surface area contributed by atoms with Gasteiger partial charge in [-0.05, 0) is 39.8 Å². The summed E-state index contributed by atoms with van der Waals surface area (Å²) in [6, 6.07) is 6.85. The predicted octanol–water partition coefficient (Wildman–Crippen LogP) is 4.03. The fourth-order valence-corrected chi connectivity index (χ4v) is 3.03. The zero-order valence-corrected chi connectivity index (χ0v) is 11.8. The van der Waals surface area contributed by atoms with E-state index < -0.39 is 0 Å². The average Bonchev–Trinajstić information content (AvgIpc) is 2.41. The summed E-state index contributed by atoms with van der Waals surface area (Å²) in [4.78, 5) is 2.44. The van der Waals surface area contributed by atoms with Crippen LogP contribution in [0, 0.1) is 6.92 Å². The summed E-state index contributed by atoms with van der Waals surface area (Å²) in [6.07, 6.45) is 6.68. The number of phenols is 1. The van der Waals surface area contributed by atoms with Crippen LogP contribution in [-0.4, -0.2) is 23.1 Å². The Morgan fingerprint density at radius 3 is 2.56 bits per heavy atom. The quantitative estimate of drug-likeness (QED) is 0.871. The van der Waals surface area contributed by atoms with E-state index in [0.717, 1.165) is 5.56 Å². The van der Waals surface area contributed by atoms with Gasteiger partial charge in [0, 0.05) is 17.6 Å². The van der Waals surface area contributed by atoms with E-state index in [1.807, 2.05) is 12.1 Å². The zero-order valence-electron chi connectivity index (χ0n) is 11.8. The largest absolute Gasteiger partial charge is 0.508 e. The lowest BCUT2D eigenvalue weighted by atomic mass is 9.92. The smallest absolute Gasteiger partial charge is 0.120 e. The number of hydrogen-bond acceptors (Lipinski definition) is 2. The number of phenolic OH excluding ortho intramolecular Hbond substituents is 1. The second-order valence-corrected chi connectivity index (χ2v) is 5.70. The maximum absolute atomic E-state index is 10.0. The molecule has 0 aliphatic heterocycles. The second-order valence-electron chi connectivity index (χ2n) is 5.70. The Balaban J connectivity index is 2.13. The zero-order chi connectivity index (χ0) is 13.1. The predicted molar refractivity (Wildman–Crippen MR) is 75.9 cm³/mol. The summed E-state index contributed by atoms with van der Waals surface area (Å²) in [6.45, 7) is 4.28. The van der Waals surface area contributed by atoms with Gasteiger partial charge in [-0.25, -0.2) is 0 Å². The van der Waals surface area contributed by atoms with Gasteiger partial charge in [0.1, 0.15) is 5.75 Å². The molecule has 0 amide bonds. The highest BCUT2D eigenvalue weighted by Gasteiger charge is 2.24. The van der Waals surface area contributed by atoms with E-state index in [0.29, 0.717) is 11.8 Å². The van der Waals surface area contributed by atoms with Gasteiger partial charge in [0.05, 0.1) is 0 Å². The Bertz CT molecular complexity index is 396. The van der Waals surface area contributed by atoms with Gasteiger partial charge in [-0.15, -0.1) is 0 Å². The van der Waals surface area contributed by atoms with Crippen molar-refractivity contribution in [3.8, 4) is 5.75 Å². The van der Waals surface area contributed by atoms with Crippen LogP contribution in [0.4, 0.5) is 0 Å². The summed E-state index contributed by atoms with van der Waals surface area (Å²) in [5.74, 6) is 0.427. The third-order valence-corrected chi connectivity index (χ3v) is 4.39. The molecule has 2 heteroatoms. The molecule has 1 fully saturated rings. The molecule has 18 heavy (non-hydrogen) atoms. The van der Waals surface area contributed by atoms with Crippen molar-refractivity contribution < 1.29 is 5.11 Å². The minimum Gasteiger partial charge on any atom is -0.508 e. The van der Waals surface area contributed by atoms with Crippen molar-refractivity contribution in [2.45, 2.75) is 58.0 Å². The first-order chi connectivity index (χ1) is 8.59. The SMILES string of the molecule is Cc1ccc(O)c(C(C)N(C)C2CCCCC2)c1. The Kier molecular flexibility index (Phi) is 4.28. The molecule has 2 nitrogen and oxygen atoms in total. The lowest BCUT2D eigenvalue weighted by Crippen LogP contribution is -2.35. The summed E-state index contributed by atoms with van der Waals surface area (Å²) in [7, 11) is 2.20. The fraction of sp³-hybridized carbons (Fsp3) is 0.625. The summed E-state index contributed by atoms with van der Waals surface area (Å²) >= 11 is 0. The maximum atomic E-state index is 10.0. The number of aryl methyl sites for hydroxylation is 1. The highest BCUT2D eigenvalue weighted by Crippen LogP contribution is 2.32. The molecule has 0 bridgehead atoms. The highest BCUT2D eigenvalue weighted by atomic mass is 16.3. The van der Waals surface area contributed by atoms with Gasteiger partial charge in [0.15, 0.2) is 0 Å². The number of benzene rings is 1. The molecule has 1 N–H and O–H groups in total. The fourth-order valence-electron chi connectivity index (χ4n) is 3.03. The summed E-state index contributed by atoms with van der Waals surface area (Å²) in [5, 5.41) is 10.0. The van der Waals surface area contributed by atoms with E-state index in [2.05, 4.69) is 31.9 Å². The van der Waals surface area contributed by atoms with E-state index in [1.54, 1.807) is 0 Å². The van der Waals surface area contributed by atoms with E-state index in [9.17, 15) is 5.11 Å². The van der Waals surface area contributed by atoms with Crippen LogP contribution in [0.15, 0.2) is 18.2 Å². The third-order valence-electron chi connectivity index (χ3n) is 4.39. The van der Waals surface area contributed by atoms with E-state index in [4.69, 9.17) is 0 Å². The van der Waals surface area contributed by atoms with Crippen LogP contribution in [0.5, 0.6) is 5.75 Å². The van der Waals surface area contributed by atoms with Crippen LogP contribution in [-0.2, 0) is 0 Å². The van der Waals surface area contributed by atoms with Gasteiger partial charge in [-0.2, -0.15) is 0 Å². The molecule has 1 saturated carbocycles. The van der Waals surface area contributed by atoms with E-state index >= 15 is 0 Å². The molecule has 1 unspecified atom stereocenters. The minimum absolute atomic E-state index is 0.285. The molecule has 1 aliphatic rings. The molecule has 0 aromatic heterocycles. The van der Waals surface area contributed by atoms with Gasteiger partial charge in [0.25, 0.3) is 0 Å². The highest BCUT2D eigenvalue weighted by molar-refractivity contribution is 5.37. The molecule has 0 spiro atoms. The van der Waals surface area contributed by atoms with Crippen molar-refractivity contribution >= 4 is 0 Å². The molecular weight excluding hydrogens is 222 g/mol. The van der Waals surface area contributed by atoms with Crippen LogP contribution in [0.3, 0.4) is 0 Å². The average molecular weight is 247 g/mol. The normalized spacial score (nSPS) is 19.1. The van der Waals surface area contributed by atoms with Crippen LogP contribution in [0.1, 0.15) is 56.2 Å². The van der Waals surface area contributed by atoms with Crippen molar-refractivity contribution in [1.82, 2.24) is 4.90 Å². The van der Waals surface area contributed by atoms with Crippen molar-refractivity contribution in [3.05, 3.63) is 29.3 Å². The second kappa shape index (κ2) is 5.75. The molecule has 0 radical (unpaired) electrons. The van der Waals surface area contributed by atoms with Gasteiger partial charge >= 0.3 is 0 Å². The van der Waals surface area contributed by atoms with Crippen molar-refractivity contribution in [2.24, 2.45) is 0 Å². The Morgan fingerprint density at radius 2 is 1.89 bits per heavy atom. The maximum Gasteiger partial charge on any atom is 0.120 e. The molecule has 1 aromatic rings. The topological polar surface area (TPSA) is 23.5 Å². The van der Waals surface area contributed by atoms with Crippen LogP contribution >= 0.6 is 0 Å². The van der Waals surface area contributed by atoms with E-state index in [1.165, 1.54) is 37.7 Å². The summed E-state index contributed by atoms with van der Waals surface area (Å²) < 4.78 is 0. The molecule has 0 saturated heterocycles. The first-order valence-electron chi connectivity index (χ1n) is 7.11. The molecule has 1 aliphatic carbocycles. The lowest BCUT2D eigenvalue weighted by Gasteiger charge is -2.36. The van der Waals surface area contributed by atoms with Gasteiger partial charge in [-0.1, -0.05) is 37.0 Å². The Morgan fingerprint density at radius 1 is 1.22 bits per heavy atom. The standard InChI is InChI=1S/C16H25NO/c1-12-9-10-16(18)15(11-12)13(2)17(3)14-7-5-4-6-8-14/h9-11,13-14,18H,4-8H2,1-3H3. The summed E-state index contributed by atoms with van der Waals surface area (Å²) in [5.41, 5.74) is 2.27. The third kappa shape index (κ3) is 2.86. The molecular formula is C16H25NO.